The largest absolute Gasteiger partial charge is 0.494 e. The van der Waals surface area contributed by atoms with E-state index in [1.807, 2.05) is 48.5 Å². The molecular weight excluding hydrogens is 368 g/mol. The molecule has 0 saturated carbocycles. The standard InChI is InChI=1S/C24H30O5/c1-19(2)24(26)29-17-6-4-3-5-16-27-22-11-7-20(8-12-22)21-9-13-23(14-10-21)28-18-15-25/h7-14,25H,1,3-6,15-18H2,2H3. The van der Waals surface area contributed by atoms with Crippen LogP contribution in [0, 0.1) is 0 Å². The Morgan fingerprint density at radius 3 is 1.76 bits per heavy atom. The molecule has 0 atom stereocenters. The Bertz CT molecular complexity index is 750. The molecule has 2 aromatic carbocycles. The quantitative estimate of drug-likeness (QED) is 0.299. The molecule has 0 bridgehead atoms. The zero-order valence-corrected chi connectivity index (χ0v) is 17.1. The molecule has 0 aromatic heterocycles. The van der Waals surface area contributed by atoms with Gasteiger partial charge in [-0.3, -0.25) is 0 Å². The zero-order chi connectivity index (χ0) is 20.9. The van der Waals surface area contributed by atoms with Gasteiger partial charge in [-0.2, -0.15) is 0 Å². The molecule has 2 rings (SSSR count). The first-order valence-corrected chi connectivity index (χ1v) is 10.00. The summed E-state index contributed by atoms with van der Waals surface area (Å²) in [5, 5.41) is 8.79. The van der Waals surface area contributed by atoms with Crippen molar-refractivity contribution in [1.82, 2.24) is 0 Å². The number of aliphatic hydroxyl groups is 1. The predicted molar refractivity (Wildman–Crippen MR) is 114 cm³/mol. The molecule has 0 amide bonds. The number of hydrogen-bond acceptors (Lipinski definition) is 5. The Kier molecular flexibility index (Phi) is 9.80. The molecule has 0 fully saturated rings. The predicted octanol–water partition coefficient (Wildman–Crippen LogP) is 4.78. The highest BCUT2D eigenvalue weighted by molar-refractivity contribution is 5.86. The van der Waals surface area contributed by atoms with Crippen molar-refractivity contribution >= 4 is 5.97 Å². The normalized spacial score (nSPS) is 10.4. The van der Waals surface area contributed by atoms with Crippen LogP contribution in [0.1, 0.15) is 32.6 Å². The summed E-state index contributed by atoms with van der Waals surface area (Å²) in [4.78, 5) is 11.2. The molecule has 2 aromatic rings. The van der Waals surface area contributed by atoms with Crippen molar-refractivity contribution in [3.8, 4) is 22.6 Å². The van der Waals surface area contributed by atoms with Crippen molar-refractivity contribution in [1.29, 1.82) is 0 Å². The number of unbranched alkanes of at least 4 members (excludes halogenated alkanes) is 3. The minimum absolute atomic E-state index is 0.00803. The summed E-state index contributed by atoms with van der Waals surface area (Å²) in [6.45, 7) is 6.63. The van der Waals surface area contributed by atoms with E-state index in [1.165, 1.54) is 0 Å². The number of rotatable bonds is 13. The van der Waals surface area contributed by atoms with E-state index in [0.29, 0.717) is 25.4 Å². The van der Waals surface area contributed by atoms with Crippen LogP contribution in [0.25, 0.3) is 11.1 Å². The fraction of sp³-hybridized carbons (Fsp3) is 0.375. The van der Waals surface area contributed by atoms with Gasteiger partial charge in [0.05, 0.1) is 19.8 Å². The number of esters is 1. The molecule has 0 aliphatic rings. The summed E-state index contributed by atoms with van der Waals surface area (Å²) >= 11 is 0. The van der Waals surface area contributed by atoms with E-state index in [4.69, 9.17) is 19.3 Å². The Morgan fingerprint density at radius 2 is 1.28 bits per heavy atom. The van der Waals surface area contributed by atoms with Gasteiger partial charge < -0.3 is 19.3 Å². The highest BCUT2D eigenvalue weighted by Crippen LogP contribution is 2.24. The molecule has 0 aliphatic carbocycles. The lowest BCUT2D eigenvalue weighted by molar-refractivity contribution is -0.139. The monoisotopic (exact) mass is 398 g/mol. The minimum Gasteiger partial charge on any atom is -0.494 e. The van der Waals surface area contributed by atoms with Crippen LogP contribution < -0.4 is 9.47 Å². The summed E-state index contributed by atoms with van der Waals surface area (Å²) in [7, 11) is 0. The van der Waals surface area contributed by atoms with Crippen LogP contribution in [0.3, 0.4) is 0 Å². The first-order valence-electron chi connectivity index (χ1n) is 10.00. The number of aliphatic hydroxyl groups excluding tert-OH is 1. The van der Waals surface area contributed by atoms with Crippen LogP contribution in [0.5, 0.6) is 11.5 Å². The number of ether oxygens (including phenoxy) is 3. The summed E-state index contributed by atoms with van der Waals surface area (Å²) in [5.74, 6) is 1.28. The smallest absolute Gasteiger partial charge is 0.333 e. The average molecular weight is 398 g/mol. The molecule has 0 heterocycles. The summed E-state index contributed by atoms with van der Waals surface area (Å²) in [6.07, 6.45) is 3.86. The van der Waals surface area contributed by atoms with Gasteiger partial charge in [-0.05, 0) is 68.0 Å². The van der Waals surface area contributed by atoms with Crippen LogP contribution in [0.15, 0.2) is 60.7 Å². The van der Waals surface area contributed by atoms with Crippen molar-refractivity contribution in [2.45, 2.75) is 32.6 Å². The van der Waals surface area contributed by atoms with Crippen LogP contribution in [-0.4, -0.2) is 37.5 Å². The molecule has 0 radical (unpaired) electrons. The number of carbonyl (C=O) groups excluding carboxylic acids is 1. The van der Waals surface area contributed by atoms with Gasteiger partial charge in [-0.1, -0.05) is 30.8 Å². The third-order valence-electron chi connectivity index (χ3n) is 4.29. The highest BCUT2D eigenvalue weighted by Gasteiger charge is 2.03. The van der Waals surface area contributed by atoms with Crippen molar-refractivity contribution in [2.75, 3.05) is 26.4 Å². The second kappa shape index (κ2) is 12.6. The third kappa shape index (κ3) is 8.40. The third-order valence-corrected chi connectivity index (χ3v) is 4.29. The Balaban J connectivity index is 1.64. The number of benzene rings is 2. The lowest BCUT2D eigenvalue weighted by Crippen LogP contribution is -2.06. The van der Waals surface area contributed by atoms with Gasteiger partial charge in [0.2, 0.25) is 0 Å². The van der Waals surface area contributed by atoms with E-state index < -0.39 is 0 Å². The van der Waals surface area contributed by atoms with E-state index >= 15 is 0 Å². The van der Waals surface area contributed by atoms with Crippen LogP contribution >= 0.6 is 0 Å². The second-order valence-corrected chi connectivity index (χ2v) is 6.80. The Morgan fingerprint density at radius 1 is 0.793 bits per heavy atom. The lowest BCUT2D eigenvalue weighted by atomic mass is 10.1. The van der Waals surface area contributed by atoms with Crippen molar-refractivity contribution in [3.05, 3.63) is 60.7 Å². The van der Waals surface area contributed by atoms with Crippen molar-refractivity contribution in [3.63, 3.8) is 0 Å². The van der Waals surface area contributed by atoms with Gasteiger partial charge in [-0.15, -0.1) is 0 Å². The number of hydrogen-bond donors (Lipinski definition) is 1. The van der Waals surface area contributed by atoms with Gasteiger partial charge in [-0.25, -0.2) is 4.79 Å². The number of carbonyl (C=O) groups is 1. The maximum atomic E-state index is 11.2. The van der Waals surface area contributed by atoms with E-state index in [9.17, 15) is 4.79 Å². The first kappa shape index (κ1) is 22.5. The topological polar surface area (TPSA) is 65.0 Å². The van der Waals surface area contributed by atoms with Gasteiger partial charge in [0.15, 0.2) is 0 Å². The van der Waals surface area contributed by atoms with E-state index in [1.54, 1.807) is 6.92 Å². The zero-order valence-electron chi connectivity index (χ0n) is 17.1. The molecule has 0 unspecified atom stereocenters. The summed E-state index contributed by atoms with van der Waals surface area (Å²) in [6, 6.07) is 15.8. The van der Waals surface area contributed by atoms with Crippen LogP contribution in [0.2, 0.25) is 0 Å². The Labute approximate surface area is 172 Å². The first-order chi connectivity index (χ1) is 14.1. The lowest BCUT2D eigenvalue weighted by Gasteiger charge is -2.09. The molecule has 0 saturated heterocycles. The van der Waals surface area contributed by atoms with Crippen LogP contribution in [-0.2, 0) is 9.53 Å². The molecule has 0 spiro atoms. The molecule has 1 N–H and O–H groups in total. The van der Waals surface area contributed by atoms with E-state index in [-0.39, 0.29) is 12.6 Å². The average Bonchev–Trinajstić information content (AvgIpc) is 2.74. The molecule has 156 valence electrons. The molecule has 29 heavy (non-hydrogen) atoms. The van der Waals surface area contributed by atoms with Gasteiger partial charge in [0.1, 0.15) is 18.1 Å². The molecule has 5 heteroatoms. The molecule has 5 nitrogen and oxygen atoms in total. The van der Waals surface area contributed by atoms with Gasteiger partial charge in [0, 0.05) is 5.57 Å². The van der Waals surface area contributed by atoms with E-state index in [0.717, 1.165) is 48.3 Å². The highest BCUT2D eigenvalue weighted by atomic mass is 16.5. The minimum atomic E-state index is -0.317. The fourth-order valence-corrected chi connectivity index (χ4v) is 2.69. The Hall–Kier alpha value is -2.79. The molecular formula is C24H30O5. The second-order valence-electron chi connectivity index (χ2n) is 6.80. The fourth-order valence-electron chi connectivity index (χ4n) is 2.69. The summed E-state index contributed by atoms with van der Waals surface area (Å²) < 4.78 is 16.2. The maximum absolute atomic E-state index is 11.2. The van der Waals surface area contributed by atoms with Gasteiger partial charge >= 0.3 is 5.97 Å². The SMILES string of the molecule is C=C(C)C(=O)OCCCCCCOc1ccc(-c2ccc(OCCO)cc2)cc1. The maximum Gasteiger partial charge on any atom is 0.333 e. The van der Waals surface area contributed by atoms with Crippen molar-refractivity contribution in [2.24, 2.45) is 0 Å². The van der Waals surface area contributed by atoms with Gasteiger partial charge in [0.25, 0.3) is 0 Å². The van der Waals surface area contributed by atoms with E-state index in [2.05, 4.69) is 6.58 Å². The van der Waals surface area contributed by atoms with Crippen LogP contribution in [0.4, 0.5) is 0 Å². The molecule has 0 aliphatic heterocycles. The summed E-state index contributed by atoms with van der Waals surface area (Å²) in [5.41, 5.74) is 2.64. The van der Waals surface area contributed by atoms with Crippen molar-refractivity contribution < 1.29 is 24.1 Å².